The molecule has 0 radical (unpaired) electrons. The second-order valence-electron chi connectivity index (χ2n) is 6.48. The van der Waals surface area contributed by atoms with E-state index in [2.05, 4.69) is 0 Å². The lowest BCUT2D eigenvalue weighted by Crippen LogP contribution is -2.32. The van der Waals surface area contributed by atoms with Crippen molar-refractivity contribution in [3.05, 3.63) is 71.3 Å². The molecule has 2 unspecified atom stereocenters. The molecule has 26 heavy (non-hydrogen) atoms. The number of alkyl halides is 5. The molecule has 0 aromatic heterocycles. The van der Waals surface area contributed by atoms with E-state index in [9.17, 15) is 22.0 Å². The highest BCUT2D eigenvalue weighted by Crippen LogP contribution is 2.69. The molecule has 0 spiro atoms. The third-order valence-electron chi connectivity index (χ3n) is 4.95. The largest absolute Gasteiger partial charge is 0.416 e. The molecule has 0 bridgehead atoms. The summed E-state index contributed by atoms with van der Waals surface area (Å²) in [6.45, 7) is 0.364. The van der Waals surface area contributed by atoms with Gasteiger partial charge in [-0.25, -0.2) is 8.78 Å². The van der Waals surface area contributed by atoms with Crippen LogP contribution in [0.1, 0.15) is 22.6 Å². The fourth-order valence-corrected chi connectivity index (χ4v) is 3.72. The van der Waals surface area contributed by atoms with Crippen LogP contribution in [0.5, 0.6) is 0 Å². The lowest BCUT2D eigenvalue weighted by Gasteiger charge is -2.28. The third kappa shape index (κ3) is 2.61. The average molecular weight is 370 g/mol. The van der Waals surface area contributed by atoms with Crippen molar-refractivity contribution in [3.63, 3.8) is 0 Å². The molecule has 0 N–H and O–H groups in total. The summed E-state index contributed by atoms with van der Waals surface area (Å²) in [6.07, 6.45) is -4.51. The van der Waals surface area contributed by atoms with Crippen molar-refractivity contribution < 1.29 is 31.4 Å². The first kappa shape index (κ1) is 17.4. The SMILES string of the molecule is FC(F)(F)c1ccc(C2C(C3(c4ccccc4)OCCO3)C2(F)F)cc1. The molecule has 1 saturated carbocycles. The smallest absolute Gasteiger partial charge is 0.343 e. The molecule has 1 heterocycles. The molecular formula is C19H15F5O2. The summed E-state index contributed by atoms with van der Waals surface area (Å²) < 4.78 is 78.7. The molecule has 2 aromatic rings. The maximum Gasteiger partial charge on any atom is 0.416 e. The topological polar surface area (TPSA) is 18.5 Å². The molecule has 2 aliphatic rings. The Morgan fingerprint density at radius 3 is 1.96 bits per heavy atom. The molecule has 7 heteroatoms. The Kier molecular flexibility index (Phi) is 3.86. The zero-order valence-electron chi connectivity index (χ0n) is 13.5. The Bertz CT molecular complexity index is 780. The van der Waals surface area contributed by atoms with Crippen molar-refractivity contribution >= 4 is 0 Å². The summed E-state index contributed by atoms with van der Waals surface area (Å²) in [5, 5.41) is 0. The van der Waals surface area contributed by atoms with Gasteiger partial charge in [0, 0.05) is 5.56 Å². The summed E-state index contributed by atoms with van der Waals surface area (Å²) in [5.74, 6) is -7.28. The molecule has 2 atom stereocenters. The highest BCUT2D eigenvalue weighted by atomic mass is 19.4. The molecule has 2 aromatic carbocycles. The molecule has 1 aliphatic carbocycles. The first-order chi connectivity index (χ1) is 12.3. The second-order valence-corrected chi connectivity index (χ2v) is 6.48. The van der Waals surface area contributed by atoms with Crippen LogP contribution in [0.25, 0.3) is 0 Å². The molecule has 2 nitrogen and oxygen atoms in total. The van der Waals surface area contributed by atoms with Gasteiger partial charge in [0.25, 0.3) is 5.92 Å². The van der Waals surface area contributed by atoms with Gasteiger partial charge in [0.1, 0.15) is 0 Å². The Labute approximate surface area is 146 Å². The third-order valence-corrected chi connectivity index (χ3v) is 4.95. The summed E-state index contributed by atoms with van der Waals surface area (Å²) in [6, 6.07) is 12.3. The molecular weight excluding hydrogens is 355 g/mol. The van der Waals surface area contributed by atoms with Crippen molar-refractivity contribution in [1.29, 1.82) is 0 Å². The fraction of sp³-hybridized carbons (Fsp3) is 0.368. The fourth-order valence-electron chi connectivity index (χ4n) is 3.72. The predicted octanol–water partition coefficient (Wildman–Crippen LogP) is 4.95. The van der Waals surface area contributed by atoms with E-state index in [1.807, 2.05) is 0 Å². The Hall–Kier alpha value is -1.99. The zero-order chi connectivity index (χ0) is 18.6. The number of halogens is 5. The highest BCUT2D eigenvalue weighted by molar-refractivity contribution is 5.39. The van der Waals surface area contributed by atoms with E-state index in [0.29, 0.717) is 5.56 Å². The maximum absolute atomic E-state index is 14.7. The average Bonchev–Trinajstić information content (AvgIpc) is 2.96. The van der Waals surface area contributed by atoms with E-state index in [1.54, 1.807) is 30.3 Å². The Balaban J connectivity index is 1.69. The van der Waals surface area contributed by atoms with Crippen molar-refractivity contribution in [2.75, 3.05) is 13.2 Å². The van der Waals surface area contributed by atoms with Gasteiger partial charge in [-0.05, 0) is 17.7 Å². The van der Waals surface area contributed by atoms with Crippen molar-refractivity contribution in [2.45, 2.75) is 23.8 Å². The molecule has 1 aliphatic heterocycles. The second kappa shape index (κ2) is 5.76. The summed E-state index contributed by atoms with van der Waals surface area (Å²) in [7, 11) is 0. The van der Waals surface area contributed by atoms with Gasteiger partial charge >= 0.3 is 6.18 Å². The van der Waals surface area contributed by atoms with Crippen LogP contribution in [-0.4, -0.2) is 19.1 Å². The number of ether oxygens (including phenoxy) is 2. The van der Waals surface area contributed by atoms with Gasteiger partial charge in [-0.2, -0.15) is 13.2 Å². The van der Waals surface area contributed by atoms with Gasteiger partial charge in [-0.15, -0.1) is 0 Å². The molecule has 4 rings (SSSR count). The van der Waals surface area contributed by atoms with E-state index in [1.165, 1.54) is 0 Å². The van der Waals surface area contributed by atoms with Gasteiger partial charge in [0.05, 0.1) is 30.6 Å². The maximum atomic E-state index is 14.7. The zero-order valence-corrected chi connectivity index (χ0v) is 13.5. The lowest BCUT2D eigenvalue weighted by atomic mass is 9.97. The molecule has 1 saturated heterocycles. The van der Waals surface area contributed by atoms with Gasteiger partial charge in [-0.1, -0.05) is 42.5 Å². The van der Waals surface area contributed by atoms with Crippen molar-refractivity contribution in [1.82, 2.24) is 0 Å². The van der Waals surface area contributed by atoms with Crippen LogP contribution in [0.2, 0.25) is 0 Å². The number of hydrogen-bond donors (Lipinski definition) is 0. The monoisotopic (exact) mass is 370 g/mol. The van der Waals surface area contributed by atoms with Crippen LogP contribution >= 0.6 is 0 Å². The minimum atomic E-state index is -4.51. The van der Waals surface area contributed by atoms with Gasteiger partial charge in [-0.3, -0.25) is 0 Å². The lowest BCUT2D eigenvalue weighted by molar-refractivity contribution is -0.198. The Morgan fingerprint density at radius 1 is 0.846 bits per heavy atom. The van der Waals surface area contributed by atoms with Crippen LogP contribution in [0, 0.1) is 5.92 Å². The van der Waals surface area contributed by atoms with E-state index in [4.69, 9.17) is 9.47 Å². The van der Waals surface area contributed by atoms with Crippen LogP contribution in [0.15, 0.2) is 54.6 Å². The van der Waals surface area contributed by atoms with Gasteiger partial charge in [0.2, 0.25) is 5.79 Å². The van der Waals surface area contributed by atoms with Crippen LogP contribution in [-0.2, 0) is 21.4 Å². The molecule has 2 fully saturated rings. The first-order valence-corrected chi connectivity index (χ1v) is 8.15. The van der Waals surface area contributed by atoms with E-state index < -0.39 is 35.3 Å². The minimum absolute atomic E-state index is 0.141. The number of rotatable bonds is 3. The van der Waals surface area contributed by atoms with E-state index in [-0.39, 0.29) is 18.8 Å². The highest BCUT2D eigenvalue weighted by Gasteiger charge is 2.78. The number of benzene rings is 2. The van der Waals surface area contributed by atoms with Crippen LogP contribution < -0.4 is 0 Å². The van der Waals surface area contributed by atoms with Crippen molar-refractivity contribution in [3.8, 4) is 0 Å². The van der Waals surface area contributed by atoms with Crippen LogP contribution in [0.4, 0.5) is 22.0 Å². The Morgan fingerprint density at radius 2 is 1.42 bits per heavy atom. The predicted molar refractivity (Wildman–Crippen MR) is 82.6 cm³/mol. The summed E-state index contributed by atoms with van der Waals surface area (Å²) >= 11 is 0. The quantitative estimate of drug-likeness (QED) is 0.712. The van der Waals surface area contributed by atoms with E-state index >= 15 is 0 Å². The summed E-state index contributed by atoms with van der Waals surface area (Å²) in [4.78, 5) is 0. The normalized spacial score (nSPS) is 26.7. The standard InChI is InChI=1S/C19H15F5O2/c20-17(21)15(12-6-8-14(9-7-12)19(22,23)24)16(17)18(25-10-11-26-18)13-4-2-1-3-5-13/h1-9,15-16H,10-11H2. The minimum Gasteiger partial charge on any atom is -0.343 e. The first-order valence-electron chi connectivity index (χ1n) is 8.15. The molecule has 0 amide bonds. The van der Waals surface area contributed by atoms with E-state index in [0.717, 1.165) is 24.3 Å². The van der Waals surface area contributed by atoms with Gasteiger partial charge in [0.15, 0.2) is 0 Å². The molecule has 138 valence electrons. The number of hydrogen-bond acceptors (Lipinski definition) is 2. The van der Waals surface area contributed by atoms with Crippen LogP contribution in [0.3, 0.4) is 0 Å². The summed E-state index contributed by atoms with van der Waals surface area (Å²) in [5.41, 5.74) is -0.244. The van der Waals surface area contributed by atoms with Crippen molar-refractivity contribution in [2.24, 2.45) is 5.92 Å². The van der Waals surface area contributed by atoms with Gasteiger partial charge < -0.3 is 9.47 Å².